The van der Waals surface area contributed by atoms with Gasteiger partial charge in [-0.25, -0.2) is 4.79 Å². The summed E-state index contributed by atoms with van der Waals surface area (Å²) < 4.78 is 4.39. The highest BCUT2D eigenvalue weighted by atomic mass is 16.5. The molecule has 88 valence electrons. The Labute approximate surface area is 97.6 Å². The van der Waals surface area contributed by atoms with E-state index in [-0.39, 0.29) is 23.3 Å². The molecule has 0 spiro atoms. The molecular formula is C12H10O5. The van der Waals surface area contributed by atoms with E-state index in [9.17, 15) is 14.7 Å². The Bertz CT molecular complexity index is 507. The minimum absolute atomic E-state index is 0.0268. The first-order valence-electron chi connectivity index (χ1n) is 4.66. The first-order valence-corrected chi connectivity index (χ1v) is 4.66. The zero-order valence-corrected chi connectivity index (χ0v) is 9.06. The van der Waals surface area contributed by atoms with Crippen LogP contribution in [0.25, 0.3) is 0 Å². The van der Waals surface area contributed by atoms with Crippen LogP contribution in [-0.4, -0.2) is 29.3 Å². The first-order chi connectivity index (χ1) is 8.04. The van der Waals surface area contributed by atoms with Crippen LogP contribution in [0.3, 0.4) is 0 Å². The molecule has 0 aliphatic carbocycles. The molecule has 0 heterocycles. The number of hydrogen-bond donors (Lipinski definition) is 2. The molecule has 0 atom stereocenters. The summed E-state index contributed by atoms with van der Waals surface area (Å²) in [6.45, 7) is 0. The fourth-order valence-electron chi connectivity index (χ4n) is 1.05. The Morgan fingerprint density at radius 1 is 1.41 bits per heavy atom. The lowest BCUT2D eigenvalue weighted by Crippen LogP contribution is -1.97. The maximum Gasteiger partial charge on any atom is 0.335 e. The van der Waals surface area contributed by atoms with E-state index in [0.29, 0.717) is 0 Å². The fourth-order valence-corrected chi connectivity index (χ4v) is 1.05. The van der Waals surface area contributed by atoms with Gasteiger partial charge in [0.2, 0.25) is 0 Å². The second kappa shape index (κ2) is 5.56. The van der Waals surface area contributed by atoms with Gasteiger partial charge in [0, 0.05) is 0 Å². The normalized spacial score (nSPS) is 9.00. The summed E-state index contributed by atoms with van der Waals surface area (Å²) in [6, 6.07) is 3.80. The van der Waals surface area contributed by atoms with Crippen LogP contribution in [0, 0.1) is 11.8 Å². The molecule has 0 aliphatic rings. The number of rotatable bonds is 2. The SMILES string of the molecule is COC(=O)CC#Cc1ccc(C(=O)O)cc1O. The highest BCUT2D eigenvalue weighted by molar-refractivity contribution is 5.88. The predicted molar refractivity (Wildman–Crippen MR) is 58.6 cm³/mol. The van der Waals surface area contributed by atoms with Crippen LogP contribution in [0.5, 0.6) is 5.75 Å². The number of carboxylic acid groups (broad SMARTS) is 1. The summed E-state index contributed by atoms with van der Waals surface area (Å²) in [5.74, 6) is 3.22. The number of aromatic carboxylic acids is 1. The molecule has 0 saturated carbocycles. The van der Waals surface area contributed by atoms with E-state index < -0.39 is 11.9 Å². The summed E-state index contributed by atoms with van der Waals surface area (Å²) in [7, 11) is 1.25. The zero-order valence-electron chi connectivity index (χ0n) is 9.06. The van der Waals surface area contributed by atoms with Crippen molar-refractivity contribution in [2.75, 3.05) is 7.11 Å². The van der Waals surface area contributed by atoms with Gasteiger partial charge in [0.1, 0.15) is 12.2 Å². The number of carboxylic acids is 1. The van der Waals surface area contributed by atoms with Crippen molar-refractivity contribution in [1.29, 1.82) is 0 Å². The third kappa shape index (κ3) is 3.54. The van der Waals surface area contributed by atoms with Crippen molar-refractivity contribution in [3.05, 3.63) is 29.3 Å². The Morgan fingerprint density at radius 2 is 2.12 bits per heavy atom. The molecule has 0 radical (unpaired) electrons. The number of hydrogen-bond acceptors (Lipinski definition) is 4. The van der Waals surface area contributed by atoms with Crippen LogP contribution < -0.4 is 0 Å². The van der Waals surface area contributed by atoms with Gasteiger partial charge in [-0.15, -0.1) is 0 Å². The highest BCUT2D eigenvalue weighted by Gasteiger charge is 2.05. The molecule has 5 nitrogen and oxygen atoms in total. The average molecular weight is 234 g/mol. The second-order valence-electron chi connectivity index (χ2n) is 3.09. The van der Waals surface area contributed by atoms with Gasteiger partial charge in [-0.3, -0.25) is 4.79 Å². The average Bonchev–Trinajstić information content (AvgIpc) is 2.30. The van der Waals surface area contributed by atoms with Crippen LogP contribution in [0.4, 0.5) is 0 Å². The smallest absolute Gasteiger partial charge is 0.335 e. The molecule has 1 aromatic rings. The molecule has 1 rings (SSSR count). The Morgan fingerprint density at radius 3 is 2.65 bits per heavy atom. The van der Waals surface area contributed by atoms with Crippen molar-refractivity contribution in [1.82, 2.24) is 0 Å². The summed E-state index contributed by atoms with van der Waals surface area (Å²) >= 11 is 0. The van der Waals surface area contributed by atoms with Crippen LogP contribution in [0.15, 0.2) is 18.2 Å². The number of carbonyl (C=O) groups is 2. The van der Waals surface area contributed by atoms with Gasteiger partial charge >= 0.3 is 11.9 Å². The number of phenols is 1. The lowest BCUT2D eigenvalue weighted by molar-refractivity contribution is -0.139. The zero-order chi connectivity index (χ0) is 12.8. The number of esters is 1. The van der Waals surface area contributed by atoms with E-state index in [2.05, 4.69) is 16.6 Å². The van der Waals surface area contributed by atoms with Gasteiger partial charge in [0.15, 0.2) is 0 Å². The van der Waals surface area contributed by atoms with Crippen LogP contribution in [0.2, 0.25) is 0 Å². The Balaban J connectivity index is 2.86. The molecule has 5 heteroatoms. The number of aromatic hydroxyl groups is 1. The Hall–Kier alpha value is -2.48. The van der Waals surface area contributed by atoms with Crippen molar-refractivity contribution >= 4 is 11.9 Å². The van der Waals surface area contributed by atoms with Crippen molar-refractivity contribution in [2.45, 2.75) is 6.42 Å². The third-order valence-corrected chi connectivity index (χ3v) is 1.93. The minimum Gasteiger partial charge on any atom is -0.507 e. The fraction of sp³-hybridized carbons (Fsp3) is 0.167. The molecule has 0 aromatic heterocycles. The monoisotopic (exact) mass is 234 g/mol. The molecule has 0 amide bonds. The number of methoxy groups -OCH3 is 1. The van der Waals surface area contributed by atoms with Gasteiger partial charge in [-0.2, -0.15) is 0 Å². The molecule has 0 aliphatic heterocycles. The number of benzene rings is 1. The van der Waals surface area contributed by atoms with Gasteiger partial charge < -0.3 is 14.9 Å². The predicted octanol–water partition coefficient (Wildman–Crippen LogP) is 1.00. The maximum absolute atomic E-state index is 10.8. The molecular weight excluding hydrogens is 224 g/mol. The molecule has 0 fully saturated rings. The quantitative estimate of drug-likeness (QED) is 0.589. The molecule has 17 heavy (non-hydrogen) atoms. The second-order valence-corrected chi connectivity index (χ2v) is 3.09. The lowest BCUT2D eigenvalue weighted by Gasteiger charge is -1.98. The van der Waals surface area contributed by atoms with Gasteiger partial charge in [0.25, 0.3) is 0 Å². The first kappa shape index (κ1) is 12.6. The van der Waals surface area contributed by atoms with Crippen molar-refractivity contribution in [2.24, 2.45) is 0 Å². The van der Waals surface area contributed by atoms with E-state index in [1.165, 1.54) is 19.2 Å². The number of ether oxygens (including phenoxy) is 1. The Kier molecular flexibility index (Phi) is 4.12. The minimum atomic E-state index is -1.13. The topological polar surface area (TPSA) is 83.8 Å². The largest absolute Gasteiger partial charge is 0.507 e. The number of phenolic OH excluding ortho intramolecular Hbond substituents is 1. The van der Waals surface area contributed by atoms with Gasteiger partial charge in [-0.1, -0.05) is 11.8 Å². The molecule has 1 aromatic carbocycles. The van der Waals surface area contributed by atoms with Crippen LogP contribution in [-0.2, 0) is 9.53 Å². The molecule has 0 bridgehead atoms. The van der Waals surface area contributed by atoms with Gasteiger partial charge in [0.05, 0.1) is 18.2 Å². The van der Waals surface area contributed by atoms with Crippen LogP contribution >= 0.6 is 0 Å². The lowest BCUT2D eigenvalue weighted by atomic mass is 10.1. The van der Waals surface area contributed by atoms with E-state index in [0.717, 1.165) is 6.07 Å². The van der Waals surface area contributed by atoms with E-state index >= 15 is 0 Å². The summed E-state index contributed by atoms with van der Waals surface area (Å²) in [6.07, 6.45) is -0.0867. The highest BCUT2D eigenvalue weighted by Crippen LogP contribution is 2.17. The van der Waals surface area contributed by atoms with Crippen LogP contribution in [0.1, 0.15) is 22.3 Å². The molecule has 2 N–H and O–H groups in total. The molecule has 0 unspecified atom stereocenters. The standard InChI is InChI=1S/C12H10O5/c1-17-11(14)4-2-3-8-5-6-9(12(15)16)7-10(8)13/h5-7,13H,4H2,1H3,(H,15,16). The number of carbonyl (C=O) groups excluding carboxylic acids is 1. The van der Waals surface area contributed by atoms with Crippen molar-refractivity contribution in [3.63, 3.8) is 0 Å². The van der Waals surface area contributed by atoms with E-state index in [1.54, 1.807) is 0 Å². The van der Waals surface area contributed by atoms with E-state index in [1.807, 2.05) is 0 Å². The maximum atomic E-state index is 10.8. The van der Waals surface area contributed by atoms with Crippen molar-refractivity contribution in [3.8, 4) is 17.6 Å². The van der Waals surface area contributed by atoms with Gasteiger partial charge in [-0.05, 0) is 18.2 Å². The van der Waals surface area contributed by atoms with Crippen molar-refractivity contribution < 1.29 is 24.5 Å². The van der Waals surface area contributed by atoms with E-state index in [4.69, 9.17) is 5.11 Å². The molecule has 0 saturated heterocycles. The summed E-state index contributed by atoms with van der Waals surface area (Å²) in [4.78, 5) is 21.4. The third-order valence-electron chi connectivity index (χ3n) is 1.93. The summed E-state index contributed by atoms with van der Waals surface area (Å²) in [5, 5.41) is 18.2. The summed E-state index contributed by atoms with van der Waals surface area (Å²) in [5.41, 5.74) is 0.236.